The van der Waals surface area contributed by atoms with E-state index in [0.29, 0.717) is 9.79 Å². The summed E-state index contributed by atoms with van der Waals surface area (Å²) in [7, 11) is 2.34. The second-order valence-electron chi connectivity index (χ2n) is 12.1. The van der Waals surface area contributed by atoms with Gasteiger partial charge in [0, 0.05) is 21.0 Å². The summed E-state index contributed by atoms with van der Waals surface area (Å²) >= 11 is 0. The first-order valence-corrected chi connectivity index (χ1v) is 17.8. The number of benzene rings is 6. The van der Waals surface area contributed by atoms with E-state index in [4.69, 9.17) is 14.2 Å². The van der Waals surface area contributed by atoms with Crippen molar-refractivity contribution in [1.29, 1.82) is 9.56 Å². The Bertz CT molecular complexity index is 2420. The molecule has 0 saturated carbocycles. The molecule has 0 aliphatic heterocycles. The van der Waals surface area contributed by atoms with Gasteiger partial charge in [-0.25, -0.2) is 0 Å². The van der Waals surface area contributed by atoms with Crippen molar-refractivity contribution < 1.29 is 45.3 Å². The number of hydrogen-bond donors (Lipinski definition) is 2. The molecule has 1 aromatic heterocycles. The maximum absolute atomic E-state index is 9.19. The molecule has 7 aromatic rings. The van der Waals surface area contributed by atoms with Crippen molar-refractivity contribution in [2.24, 2.45) is 0 Å². The zero-order valence-electron chi connectivity index (χ0n) is 29.5. The first-order valence-electron chi connectivity index (χ1n) is 16.1. The molecule has 0 aliphatic rings. The molecule has 8 heteroatoms. The summed E-state index contributed by atoms with van der Waals surface area (Å²) in [6, 6.07) is 43.6. The van der Waals surface area contributed by atoms with Gasteiger partial charge in [0.05, 0.1) is 21.3 Å². The quantitative estimate of drug-likeness (QED) is 0.134. The van der Waals surface area contributed by atoms with Crippen LogP contribution in [0.5, 0.6) is 17.2 Å². The fourth-order valence-corrected chi connectivity index (χ4v) is 7.90. The molecule has 0 fully saturated rings. The van der Waals surface area contributed by atoms with E-state index in [-0.39, 0.29) is 38.5 Å². The van der Waals surface area contributed by atoms with Crippen molar-refractivity contribution >= 4 is 31.4 Å². The number of aromatic nitrogens is 1. The Hall–Kier alpha value is -4.48. The minimum Gasteiger partial charge on any atom is -0.497 e. The molecule has 0 atom stereocenters. The van der Waals surface area contributed by atoms with Crippen molar-refractivity contribution in [2.45, 2.75) is 29.6 Å². The van der Waals surface area contributed by atoms with Crippen LogP contribution in [0.3, 0.4) is 0 Å². The molecule has 0 unspecified atom stereocenters. The predicted octanol–water partition coefficient (Wildman–Crippen LogP) is 10.9. The van der Waals surface area contributed by atoms with Crippen molar-refractivity contribution in [2.75, 3.05) is 21.3 Å². The van der Waals surface area contributed by atoms with E-state index in [1.165, 1.54) is 16.7 Å². The van der Waals surface area contributed by atoms with Gasteiger partial charge in [0.1, 0.15) is 17.2 Å². The van der Waals surface area contributed by atoms with Gasteiger partial charge < -0.3 is 26.2 Å². The van der Waals surface area contributed by atoms with Gasteiger partial charge in [-0.3, -0.25) is 9.56 Å². The summed E-state index contributed by atoms with van der Waals surface area (Å²) in [6.07, 6.45) is 1.67. The third kappa shape index (κ3) is 7.32. The third-order valence-electron chi connectivity index (χ3n) is 9.28. The maximum atomic E-state index is 9.19. The summed E-state index contributed by atoms with van der Waals surface area (Å²) in [5.41, 5.74) is 8.94. The van der Waals surface area contributed by atoms with E-state index in [9.17, 15) is 9.56 Å². The first kappa shape index (κ1) is 37.8. The van der Waals surface area contributed by atoms with E-state index in [0.717, 1.165) is 68.7 Å². The van der Waals surface area contributed by atoms with Crippen molar-refractivity contribution in [1.82, 2.24) is 4.57 Å². The monoisotopic (exact) mass is 917 g/mol. The Labute approximate surface area is 325 Å². The summed E-state index contributed by atoms with van der Waals surface area (Å²) in [5, 5.41) is 2.19. The molecule has 6 nitrogen and oxygen atoms in total. The molecule has 51 heavy (non-hydrogen) atoms. The summed E-state index contributed by atoms with van der Waals surface area (Å²) in [5.74, 6) is 2.45. The number of rotatable bonds is 10. The molecular weight excluding hydrogens is 877 g/mol. The minimum absolute atomic E-state index is 0. The van der Waals surface area contributed by atoms with Crippen LogP contribution in [0, 0.1) is 61.1 Å². The van der Waals surface area contributed by atoms with E-state index in [1.807, 2.05) is 66.7 Å². The van der Waals surface area contributed by atoms with Crippen molar-refractivity contribution in [3.8, 4) is 34.1 Å². The number of hydrogen-bond acceptors (Lipinski definition) is 5. The average Bonchev–Trinajstić information content (AvgIpc) is 3.48. The topological polar surface area (TPSA) is 80.3 Å². The fraction of sp³-hybridized carbons (Fsp3) is 0.140. The first-order chi connectivity index (χ1) is 23.8. The Morgan fingerprint density at radius 3 is 1.86 bits per heavy atom. The Kier molecular flexibility index (Phi) is 11.7. The molecule has 256 valence electrons. The van der Waals surface area contributed by atoms with Crippen molar-refractivity contribution in [3.05, 3.63) is 152 Å². The van der Waals surface area contributed by atoms with Gasteiger partial charge >= 0.3 is 31.1 Å². The smallest absolute Gasteiger partial charge is 0.497 e. The second-order valence-corrected chi connectivity index (χ2v) is 14.3. The SMILES string of the molecule is COc1ccc(C)c(-c2cc(OC)ccc2CCc2ccc(S(=N)(=N)c3ccc(-n4c5cc[c-]cc5c5cc(OC)ccc54)cc3)cc2)c1.[CH3-].[U+2]. The van der Waals surface area contributed by atoms with E-state index in [1.54, 1.807) is 21.3 Å². The van der Waals surface area contributed by atoms with Crippen LogP contribution in [0.1, 0.15) is 16.7 Å². The second kappa shape index (κ2) is 15.8. The zero-order chi connectivity index (χ0) is 34.1. The van der Waals surface area contributed by atoms with Gasteiger partial charge in [0.15, 0.2) is 0 Å². The standard InChI is InChI=1S/C42H38N3O3S.CH3.U/c1-28-9-17-32(46-2)25-38(28)39-26-33(47-3)18-14-30(39)13-10-29-11-20-35(21-12-29)49(43,44)36-22-15-31(16-23-36)45-41-8-6-5-7-37(41)40-27-34(48-4)19-24-42(40)45;;/h6-9,11-12,14-27,43-44H,10,13H2,1-4H3;1H3;/q2*-1;+2. The number of aryl methyl sites for hydroxylation is 3. The molecule has 0 radical (unpaired) electrons. The van der Waals surface area contributed by atoms with Gasteiger partial charge in [-0.15, -0.1) is 11.5 Å². The number of ether oxygens (including phenoxy) is 3. The van der Waals surface area contributed by atoms with Crippen LogP contribution < -0.4 is 14.2 Å². The van der Waals surface area contributed by atoms with Crippen LogP contribution in [0.2, 0.25) is 0 Å². The number of nitrogens with zero attached hydrogens (tertiary/aromatic N) is 1. The Morgan fingerprint density at radius 1 is 0.627 bits per heavy atom. The molecule has 6 aromatic carbocycles. The number of fused-ring (bicyclic) bond motifs is 3. The molecule has 0 saturated heterocycles. The van der Waals surface area contributed by atoms with E-state index < -0.39 is 9.62 Å². The van der Waals surface area contributed by atoms with E-state index >= 15 is 0 Å². The van der Waals surface area contributed by atoms with E-state index in [2.05, 4.69) is 72.2 Å². The Morgan fingerprint density at radius 2 is 1.20 bits per heavy atom. The molecule has 0 bridgehead atoms. The minimum atomic E-state index is -2.72. The summed E-state index contributed by atoms with van der Waals surface area (Å²) in [6.45, 7) is 2.11. The molecule has 0 spiro atoms. The molecule has 1 heterocycles. The van der Waals surface area contributed by atoms with Crippen LogP contribution in [-0.4, -0.2) is 25.9 Å². The van der Waals surface area contributed by atoms with Gasteiger partial charge in [-0.1, -0.05) is 29.8 Å². The average molecular weight is 918 g/mol. The van der Waals surface area contributed by atoms with Gasteiger partial charge in [0.2, 0.25) is 0 Å². The van der Waals surface area contributed by atoms with Crippen LogP contribution in [0.25, 0.3) is 38.6 Å². The molecule has 2 N–H and O–H groups in total. The molecule has 7 rings (SSSR count). The normalized spacial score (nSPS) is 11.1. The molecular formula is C43H41N3O3SU. The maximum Gasteiger partial charge on any atom is 2.00 e. The predicted molar refractivity (Wildman–Crippen MR) is 205 cm³/mol. The number of nitrogens with one attached hydrogen (secondary N) is 2. The van der Waals surface area contributed by atoms with Crippen LogP contribution in [-0.2, 0) is 22.5 Å². The molecule has 0 aliphatic carbocycles. The van der Waals surface area contributed by atoms with Gasteiger partial charge in [-0.2, -0.15) is 18.2 Å². The summed E-state index contributed by atoms with van der Waals surface area (Å²) in [4.78, 5) is 1.40. The fourth-order valence-electron chi connectivity index (χ4n) is 6.54. The van der Waals surface area contributed by atoms with Gasteiger partial charge in [0.25, 0.3) is 0 Å². The van der Waals surface area contributed by atoms with Crippen molar-refractivity contribution in [3.63, 3.8) is 0 Å². The largest absolute Gasteiger partial charge is 2.00 e. The summed E-state index contributed by atoms with van der Waals surface area (Å²) < 4.78 is 37.2. The van der Waals surface area contributed by atoms with Crippen LogP contribution in [0.4, 0.5) is 0 Å². The van der Waals surface area contributed by atoms with Crippen LogP contribution in [0.15, 0.2) is 131 Å². The molecule has 0 amide bonds. The third-order valence-corrected chi connectivity index (χ3v) is 11.2. The van der Waals surface area contributed by atoms with Crippen LogP contribution >= 0.6 is 0 Å². The Balaban J connectivity index is 0.00000252. The van der Waals surface area contributed by atoms with Gasteiger partial charge in [-0.05, 0) is 141 Å². The zero-order valence-corrected chi connectivity index (χ0v) is 34.5. The number of methoxy groups -OCH3 is 3.